The van der Waals surface area contributed by atoms with Crippen molar-refractivity contribution in [2.75, 3.05) is 0 Å². The molecule has 1 nitrogen and oxygen atoms in total. The summed E-state index contributed by atoms with van der Waals surface area (Å²) in [4.78, 5) is 0. The quantitative estimate of drug-likeness (QED) is 0.679. The second kappa shape index (κ2) is 5.15. The first-order chi connectivity index (χ1) is 10.2. The molecule has 3 aromatic rings. The van der Waals surface area contributed by atoms with Crippen LogP contribution in [0.5, 0.6) is 0 Å². The fourth-order valence-electron chi connectivity index (χ4n) is 3.29. The third-order valence-electron chi connectivity index (χ3n) is 4.23. The summed E-state index contributed by atoms with van der Waals surface area (Å²) in [5, 5.41) is 11.5. The lowest BCUT2D eigenvalue weighted by atomic mass is 9.81. The standard InChI is InChI=1S/C19H13BO.CH4/c20-14-7-5-6-13(12-14)19(21)17-10-3-1-8-15(17)16-9-2-4-11-18(16)19;/h1-12,21H;1H4. The number of rotatable bonds is 1. The lowest BCUT2D eigenvalue weighted by molar-refractivity contribution is 0.131. The van der Waals surface area contributed by atoms with E-state index in [4.69, 9.17) is 7.85 Å². The number of benzene rings is 3. The molecule has 0 spiro atoms. The van der Waals surface area contributed by atoms with E-state index in [0.717, 1.165) is 27.8 Å². The van der Waals surface area contributed by atoms with E-state index in [1.165, 1.54) is 0 Å². The van der Waals surface area contributed by atoms with Crippen molar-refractivity contribution in [3.05, 3.63) is 89.5 Å². The van der Waals surface area contributed by atoms with Crippen molar-refractivity contribution in [3.63, 3.8) is 0 Å². The minimum absolute atomic E-state index is 0. The molecule has 1 aliphatic rings. The van der Waals surface area contributed by atoms with E-state index < -0.39 is 5.60 Å². The fourth-order valence-corrected chi connectivity index (χ4v) is 3.29. The van der Waals surface area contributed by atoms with Crippen LogP contribution in [0.2, 0.25) is 0 Å². The van der Waals surface area contributed by atoms with Gasteiger partial charge in [0.25, 0.3) is 0 Å². The highest BCUT2D eigenvalue weighted by Crippen LogP contribution is 2.50. The van der Waals surface area contributed by atoms with Gasteiger partial charge in [0.15, 0.2) is 0 Å². The molecule has 2 heteroatoms. The summed E-state index contributed by atoms with van der Waals surface area (Å²) in [6.07, 6.45) is 0. The fraction of sp³-hybridized carbons (Fsp3) is 0.100. The zero-order chi connectivity index (χ0) is 14.4. The largest absolute Gasteiger partial charge is 0.376 e. The summed E-state index contributed by atoms with van der Waals surface area (Å²) >= 11 is 0. The van der Waals surface area contributed by atoms with Crippen molar-refractivity contribution in [2.24, 2.45) is 0 Å². The summed E-state index contributed by atoms with van der Waals surface area (Å²) in [6.45, 7) is 0. The summed E-state index contributed by atoms with van der Waals surface area (Å²) in [5.74, 6) is 0. The van der Waals surface area contributed by atoms with Gasteiger partial charge in [-0.1, -0.05) is 85.7 Å². The topological polar surface area (TPSA) is 20.2 Å². The minimum atomic E-state index is -1.14. The predicted octanol–water partition coefficient (Wildman–Crippen LogP) is 3.38. The van der Waals surface area contributed by atoms with Crippen molar-refractivity contribution in [1.82, 2.24) is 0 Å². The van der Waals surface area contributed by atoms with Gasteiger partial charge in [-0.3, -0.25) is 0 Å². The Hall–Kier alpha value is -2.32. The van der Waals surface area contributed by atoms with Gasteiger partial charge in [0.2, 0.25) is 0 Å². The van der Waals surface area contributed by atoms with Gasteiger partial charge >= 0.3 is 0 Å². The van der Waals surface area contributed by atoms with Crippen molar-refractivity contribution in [1.29, 1.82) is 0 Å². The summed E-state index contributed by atoms with van der Waals surface area (Å²) in [6, 6.07) is 23.5. The molecule has 0 amide bonds. The number of aliphatic hydroxyl groups is 1. The molecule has 0 atom stereocenters. The summed E-state index contributed by atoms with van der Waals surface area (Å²) < 4.78 is 0. The van der Waals surface area contributed by atoms with Crippen molar-refractivity contribution >= 4 is 13.3 Å². The second-order valence-electron chi connectivity index (χ2n) is 5.43. The first kappa shape index (κ1) is 14.6. The van der Waals surface area contributed by atoms with Gasteiger partial charge in [-0.15, -0.1) is 0 Å². The van der Waals surface area contributed by atoms with Gasteiger partial charge in [0, 0.05) is 11.1 Å². The Kier molecular flexibility index (Phi) is 3.42. The Morgan fingerprint density at radius 2 is 1.27 bits per heavy atom. The smallest absolute Gasteiger partial charge is 0.141 e. The molecule has 1 N–H and O–H groups in total. The van der Waals surface area contributed by atoms with Crippen molar-refractivity contribution < 1.29 is 5.11 Å². The van der Waals surface area contributed by atoms with Gasteiger partial charge in [-0.25, -0.2) is 0 Å². The average Bonchev–Trinajstić information content (AvgIpc) is 2.79. The van der Waals surface area contributed by atoms with Crippen LogP contribution in [-0.2, 0) is 5.60 Å². The van der Waals surface area contributed by atoms with Gasteiger partial charge < -0.3 is 5.11 Å². The SMILES string of the molecule is C.[B]c1cccc(C2(O)c3ccccc3-c3ccccc32)c1. The van der Waals surface area contributed by atoms with E-state index in [9.17, 15) is 5.11 Å². The molecule has 0 saturated heterocycles. The van der Waals surface area contributed by atoms with E-state index in [2.05, 4.69) is 12.1 Å². The van der Waals surface area contributed by atoms with E-state index >= 15 is 0 Å². The molecule has 3 aromatic carbocycles. The first-order valence-electron chi connectivity index (χ1n) is 6.99. The molecule has 0 bridgehead atoms. The van der Waals surface area contributed by atoms with Crippen LogP contribution in [0.1, 0.15) is 24.1 Å². The van der Waals surface area contributed by atoms with Gasteiger partial charge in [-0.2, -0.15) is 0 Å². The Balaban J connectivity index is 0.00000144. The molecule has 0 unspecified atom stereocenters. The predicted molar refractivity (Wildman–Crippen MR) is 92.5 cm³/mol. The first-order valence-corrected chi connectivity index (χ1v) is 6.99. The van der Waals surface area contributed by atoms with Crippen LogP contribution in [0.25, 0.3) is 11.1 Å². The van der Waals surface area contributed by atoms with Crippen molar-refractivity contribution in [3.8, 4) is 11.1 Å². The van der Waals surface area contributed by atoms with Crippen LogP contribution in [0.4, 0.5) is 0 Å². The van der Waals surface area contributed by atoms with Crippen LogP contribution in [-0.4, -0.2) is 13.0 Å². The highest BCUT2D eigenvalue weighted by Gasteiger charge is 2.42. The highest BCUT2D eigenvalue weighted by atomic mass is 16.3. The van der Waals surface area contributed by atoms with Crippen LogP contribution < -0.4 is 5.46 Å². The van der Waals surface area contributed by atoms with Gasteiger partial charge in [-0.05, 0) is 16.7 Å². The van der Waals surface area contributed by atoms with E-state index in [0.29, 0.717) is 5.46 Å². The molecule has 0 aliphatic heterocycles. The molecule has 22 heavy (non-hydrogen) atoms. The molecule has 0 fully saturated rings. The van der Waals surface area contributed by atoms with E-state index in [1.807, 2.05) is 60.7 Å². The molecule has 2 radical (unpaired) electrons. The van der Waals surface area contributed by atoms with Crippen LogP contribution in [0.15, 0.2) is 72.8 Å². The minimum Gasteiger partial charge on any atom is -0.376 e. The van der Waals surface area contributed by atoms with E-state index in [-0.39, 0.29) is 7.43 Å². The monoisotopic (exact) mass is 284 g/mol. The van der Waals surface area contributed by atoms with Gasteiger partial charge in [0.1, 0.15) is 13.4 Å². The lowest BCUT2D eigenvalue weighted by Gasteiger charge is -2.27. The normalized spacial score (nSPS) is 13.9. The van der Waals surface area contributed by atoms with Crippen molar-refractivity contribution in [2.45, 2.75) is 13.0 Å². The zero-order valence-electron chi connectivity index (χ0n) is 11.5. The molecule has 4 rings (SSSR count). The Bertz CT molecular complexity index is 793. The third-order valence-corrected chi connectivity index (χ3v) is 4.23. The molecular weight excluding hydrogens is 267 g/mol. The Labute approximate surface area is 132 Å². The molecule has 1 aliphatic carbocycles. The maximum atomic E-state index is 11.5. The highest BCUT2D eigenvalue weighted by molar-refractivity contribution is 6.32. The summed E-state index contributed by atoms with van der Waals surface area (Å²) in [7, 11) is 5.91. The average molecular weight is 284 g/mol. The molecule has 106 valence electrons. The molecular formula is C20H17BO. The van der Waals surface area contributed by atoms with Crippen LogP contribution in [0.3, 0.4) is 0 Å². The van der Waals surface area contributed by atoms with Gasteiger partial charge in [0.05, 0.1) is 0 Å². The maximum Gasteiger partial charge on any atom is 0.141 e. The number of hydrogen-bond donors (Lipinski definition) is 1. The third kappa shape index (κ3) is 1.84. The van der Waals surface area contributed by atoms with E-state index in [1.54, 1.807) is 0 Å². The number of fused-ring (bicyclic) bond motifs is 3. The molecule has 0 heterocycles. The Morgan fingerprint density at radius 3 is 1.82 bits per heavy atom. The van der Waals surface area contributed by atoms with Crippen LogP contribution in [0, 0.1) is 0 Å². The maximum absolute atomic E-state index is 11.5. The Morgan fingerprint density at radius 1 is 0.727 bits per heavy atom. The van der Waals surface area contributed by atoms with Crippen LogP contribution >= 0.6 is 0 Å². The molecule has 0 aromatic heterocycles. The molecule has 0 saturated carbocycles. The zero-order valence-corrected chi connectivity index (χ0v) is 11.5. The lowest BCUT2D eigenvalue weighted by Crippen LogP contribution is -2.27. The second-order valence-corrected chi connectivity index (χ2v) is 5.43. The summed E-state index contributed by atoms with van der Waals surface area (Å²) in [5.41, 5.74) is 4.31. The number of hydrogen-bond acceptors (Lipinski definition) is 1.